The summed E-state index contributed by atoms with van der Waals surface area (Å²) in [5, 5.41) is 9.09. The molecule has 0 aliphatic carbocycles. The zero-order chi connectivity index (χ0) is 15.3. The number of hydrogen-bond donors (Lipinski definition) is 2. The molecule has 1 unspecified atom stereocenters. The van der Waals surface area contributed by atoms with Gasteiger partial charge in [0.2, 0.25) is 0 Å². The molecular weight excluding hydrogens is 258 g/mol. The summed E-state index contributed by atoms with van der Waals surface area (Å²) in [5.74, 6) is 0.361. The maximum atomic E-state index is 11.1. The zero-order valence-electron chi connectivity index (χ0n) is 12.4. The largest absolute Gasteiger partial charge is 0.493 e. The van der Waals surface area contributed by atoms with Gasteiger partial charge in [0.1, 0.15) is 6.04 Å². The summed E-state index contributed by atoms with van der Waals surface area (Å²) in [4.78, 5) is 11.1. The fourth-order valence-electron chi connectivity index (χ4n) is 2.24. The number of rotatable bonds is 7. The van der Waals surface area contributed by atoms with Crippen LogP contribution in [0.1, 0.15) is 19.4 Å². The van der Waals surface area contributed by atoms with Crippen molar-refractivity contribution in [3.8, 4) is 11.5 Å². The second-order valence-corrected chi connectivity index (χ2v) is 5.17. The highest BCUT2D eigenvalue weighted by Gasteiger charge is 2.27. The average Bonchev–Trinajstić information content (AvgIpc) is 2.43. The minimum absolute atomic E-state index is 0.134. The number of nitrogens with two attached hydrogens (primary N) is 1. The van der Waals surface area contributed by atoms with Crippen LogP contribution in [0.25, 0.3) is 0 Å². The quantitative estimate of drug-likeness (QED) is 0.798. The lowest BCUT2D eigenvalue weighted by atomic mass is 9.83. The minimum Gasteiger partial charge on any atom is -0.493 e. The van der Waals surface area contributed by atoms with E-state index in [-0.39, 0.29) is 11.8 Å². The Labute approximate surface area is 119 Å². The first-order valence-electron chi connectivity index (χ1n) is 6.60. The maximum absolute atomic E-state index is 11.1. The number of benzene rings is 1. The monoisotopic (exact) mass is 281 g/mol. The van der Waals surface area contributed by atoms with Crippen molar-refractivity contribution in [1.29, 1.82) is 0 Å². The fraction of sp³-hybridized carbons (Fsp3) is 0.533. The molecule has 5 nitrogen and oxygen atoms in total. The van der Waals surface area contributed by atoms with E-state index >= 15 is 0 Å². The van der Waals surface area contributed by atoms with E-state index < -0.39 is 12.0 Å². The van der Waals surface area contributed by atoms with Crippen LogP contribution < -0.4 is 15.2 Å². The third-order valence-corrected chi connectivity index (χ3v) is 3.52. The third kappa shape index (κ3) is 3.87. The summed E-state index contributed by atoms with van der Waals surface area (Å²) >= 11 is 0. The Hall–Kier alpha value is -1.75. The van der Waals surface area contributed by atoms with Crippen LogP contribution in [0.3, 0.4) is 0 Å². The molecule has 0 radical (unpaired) electrons. The molecule has 0 bridgehead atoms. The van der Waals surface area contributed by atoms with Crippen LogP contribution in [0.2, 0.25) is 0 Å². The van der Waals surface area contributed by atoms with Gasteiger partial charge in [0.05, 0.1) is 14.2 Å². The number of methoxy groups -OCH3 is 2. The van der Waals surface area contributed by atoms with Crippen molar-refractivity contribution in [1.82, 2.24) is 0 Å². The Kier molecular flexibility index (Phi) is 5.82. The first-order chi connectivity index (χ1) is 9.40. The van der Waals surface area contributed by atoms with E-state index in [4.69, 9.17) is 20.3 Å². The van der Waals surface area contributed by atoms with Gasteiger partial charge in [0, 0.05) is 0 Å². The van der Waals surface area contributed by atoms with Gasteiger partial charge in [-0.05, 0) is 36.0 Å². The molecule has 112 valence electrons. The van der Waals surface area contributed by atoms with Crippen LogP contribution in [-0.2, 0) is 11.2 Å². The molecule has 0 aliphatic rings. The lowest BCUT2D eigenvalue weighted by molar-refractivity contribution is -0.140. The Balaban J connectivity index is 2.97. The highest BCUT2D eigenvalue weighted by atomic mass is 16.5. The van der Waals surface area contributed by atoms with Crippen LogP contribution >= 0.6 is 0 Å². The summed E-state index contributed by atoms with van der Waals surface area (Å²) in [5.41, 5.74) is 6.76. The van der Waals surface area contributed by atoms with Crippen LogP contribution in [0.5, 0.6) is 11.5 Å². The van der Waals surface area contributed by atoms with E-state index in [1.54, 1.807) is 14.2 Å². The van der Waals surface area contributed by atoms with E-state index in [1.807, 2.05) is 32.0 Å². The summed E-state index contributed by atoms with van der Waals surface area (Å²) in [6.45, 7) is 3.96. The second-order valence-electron chi connectivity index (χ2n) is 5.17. The number of carboxylic acids is 1. The fourth-order valence-corrected chi connectivity index (χ4v) is 2.24. The minimum atomic E-state index is -0.968. The molecule has 0 aromatic heterocycles. The van der Waals surface area contributed by atoms with Gasteiger partial charge in [-0.1, -0.05) is 19.9 Å². The van der Waals surface area contributed by atoms with Gasteiger partial charge in [-0.3, -0.25) is 4.79 Å². The molecule has 0 amide bonds. The Morgan fingerprint density at radius 2 is 1.85 bits per heavy atom. The van der Waals surface area contributed by atoms with E-state index in [1.165, 1.54) is 0 Å². The van der Waals surface area contributed by atoms with Crippen molar-refractivity contribution in [2.45, 2.75) is 26.3 Å². The number of carbonyl (C=O) groups is 1. The molecule has 2 atom stereocenters. The van der Waals surface area contributed by atoms with Gasteiger partial charge in [0.15, 0.2) is 11.5 Å². The van der Waals surface area contributed by atoms with Crippen molar-refractivity contribution in [3.63, 3.8) is 0 Å². The summed E-state index contributed by atoms with van der Waals surface area (Å²) in [7, 11) is 3.15. The van der Waals surface area contributed by atoms with Crippen molar-refractivity contribution >= 4 is 5.97 Å². The standard InChI is InChI=1S/C15H23NO4/c1-9(2)11(14(16)15(17)18)7-10-5-6-12(19-3)13(8-10)20-4/h5-6,8-9,11,14H,7,16H2,1-4H3,(H,17,18)/t11?,14-/m1/s1. The van der Waals surface area contributed by atoms with Gasteiger partial charge in [0.25, 0.3) is 0 Å². The Morgan fingerprint density at radius 1 is 1.25 bits per heavy atom. The smallest absolute Gasteiger partial charge is 0.320 e. The van der Waals surface area contributed by atoms with Crippen molar-refractivity contribution < 1.29 is 19.4 Å². The molecule has 0 spiro atoms. The number of ether oxygens (including phenoxy) is 2. The lowest BCUT2D eigenvalue weighted by Gasteiger charge is -2.25. The molecule has 5 heteroatoms. The number of carboxylic acid groups (broad SMARTS) is 1. The van der Waals surface area contributed by atoms with E-state index in [9.17, 15) is 4.79 Å². The van der Waals surface area contributed by atoms with Gasteiger partial charge >= 0.3 is 5.97 Å². The van der Waals surface area contributed by atoms with Crippen LogP contribution in [0.4, 0.5) is 0 Å². The molecule has 0 saturated carbocycles. The summed E-state index contributed by atoms with van der Waals surface area (Å²) < 4.78 is 10.4. The van der Waals surface area contributed by atoms with Gasteiger partial charge in [-0.15, -0.1) is 0 Å². The van der Waals surface area contributed by atoms with Gasteiger partial charge < -0.3 is 20.3 Å². The second kappa shape index (κ2) is 7.14. The SMILES string of the molecule is COc1ccc(CC(C(C)C)[C@@H](N)C(=O)O)cc1OC. The van der Waals surface area contributed by atoms with Crippen molar-refractivity contribution in [2.24, 2.45) is 17.6 Å². The molecule has 0 fully saturated rings. The van der Waals surface area contributed by atoms with Gasteiger partial charge in [-0.2, -0.15) is 0 Å². The zero-order valence-corrected chi connectivity index (χ0v) is 12.4. The third-order valence-electron chi connectivity index (χ3n) is 3.52. The van der Waals surface area contributed by atoms with Gasteiger partial charge in [-0.25, -0.2) is 0 Å². The van der Waals surface area contributed by atoms with E-state index in [0.29, 0.717) is 17.9 Å². The lowest BCUT2D eigenvalue weighted by Crippen LogP contribution is -2.41. The highest BCUT2D eigenvalue weighted by Crippen LogP contribution is 2.30. The average molecular weight is 281 g/mol. The summed E-state index contributed by atoms with van der Waals surface area (Å²) in [6.07, 6.45) is 0.589. The topological polar surface area (TPSA) is 81.8 Å². The first kappa shape index (κ1) is 16.3. The molecular formula is C15H23NO4. The molecule has 0 aliphatic heterocycles. The van der Waals surface area contributed by atoms with E-state index in [2.05, 4.69) is 0 Å². The molecule has 1 aromatic rings. The normalized spacial score (nSPS) is 13.9. The number of aliphatic carboxylic acids is 1. The van der Waals surface area contributed by atoms with Crippen molar-refractivity contribution in [2.75, 3.05) is 14.2 Å². The molecule has 3 N–H and O–H groups in total. The Morgan fingerprint density at radius 3 is 2.30 bits per heavy atom. The summed E-state index contributed by atoms with van der Waals surface area (Å²) in [6, 6.07) is 4.72. The predicted molar refractivity (Wildman–Crippen MR) is 77.2 cm³/mol. The molecule has 0 heterocycles. The van der Waals surface area contributed by atoms with Crippen LogP contribution in [0, 0.1) is 11.8 Å². The van der Waals surface area contributed by atoms with Crippen LogP contribution in [0.15, 0.2) is 18.2 Å². The van der Waals surface area contributed by atoms with Crippen molar-refractivity contribution in [3.05, 3.63) is 23.8 Å². The first-order valence-corrected chi connectivity index (χ1v) is 6.60. The highest BCUT2D eigenvalue weighted by molar-refractivity contribution is 5.73. The van der Waals surface area contributed by atoms with Crippen LogP contribution in [-0.4, -0.2) is 31.3 Å². The predicted octanol–water partition coefficient (Wildman–Crippen LogP) is 1.93. The molecule has 0 saturated heterocycles. The molecule has 1 aromatic carbocycles. The maximum Gasteiger partial charge on any atom is 0.320 e. The number of hydrogen-bond acceptors (Lipinski definition) is 4. The molecule has 20 heavy (non-hydrogen) atoms. The van der Waals surface area contributed by atoms with E-state index in [0.717, 1.165) is 5.56 Å². The Bertz CT molecular complexity index is 459. The molecule has 1 rings (SSSR count).